The molecular formula is C13H21N3O2S. The van der Waals surface area contributed by atoms with Gasteiger partial charge in [-0.15, -0.1) is 11.3 Å². The van der Waals surface area contributed by atoms with Crippen molar-refractivity contribution in [1.82, 2.24) is 15.2 Å². The number of hydrogen-bond acceptors (Lipinski definition) is 4. The number of nitrogens with one attached hydrogen (secondary N) is 1. The number of aliphatic hydroxyl groups excluding tert-OH is 1. The minimum Gasteiger partial charge on any atom is -0.396 e. The van der Waals surface area contributed by atoms with Crippen LogP contribution in [0.2, 0.25) is 0 Å². The van der Waals surface area contributed by atoms with Crippen LogP contribution >= 0.6 is 11.3 Å². The van der Waals surface area contributed by atoms with Gasteiger partial charge in [0.15, 0.2) is 0 Å². The van der Waals surface area contributed by atoms with E-state index in [0.29, 0.717) is 6.54 Å². The largest absolute Gasteiger partial charge is 0.396 e. The van der Waals surface area contributed by atoms with Gasteiger partial charge in [-0.2, -0.15) is 0 Å². The molecule has 0 spiro atoms. The highest BCUT2D eigenvalue weighted by Crippen LogP contribution is 2.20. The summed E-state index contributed by atoms with van der Waals surface area (Å²) in [6.07, 6.45) is 4.56. The topological polar surface area (TPSA) is 65.5 Å². The third-order valence-corrected chi connectivity index (χ3v) is 4.41. The number of carbonyl (C=O) groups is 1. The number of aromatic nitrogens is 1. The van der Waals surface area contributed by atoms with Gasteiger partial charge in [0.2, 0.25) is 0 Å². The molecule has 1 aliphatic rings. The Labute approximate surface area is 117 Å². The van der Waals surface area contributed by atoms with E-state index < -0.39 is 0 Å². The van der Waals surface area contributed by atoms with Crippen molar-refractivity contribution in [3.05, 3.63) is 16.6 Å². The Morgan fingerprint density at radius 3 is 3.21 bits per heavy atom. The Morgan fingerprint density at radius 2 is 2.58 bits per heavy atom. The molecule has 2 heterocycles. The van der Waals surface area contributed by atoms with Crippen LogP contribution in [0, 0.1) is 5.92 Å². The summed E-state index contributed by atoms with van der Waals surface area (Å²) < 4.78 is 0. The van der Waals surface area contributed by atoms with E-state index in [4.69, 9.17) is 0 Å². The smallest absolute Gasteiger partial charge is 0.317 e. The van der Waals surface area contributed by atoms with Crippen molar-refractivity contribution >= 4 is 17.4 Å². The standard InChI is InChI=1S/C13H21N3O2S/c1-2-11(12-14-5-7-19-12)15-13(18)16-6-3-4-10(8-16)9-17/h5,7,10-11,17H,2-4,6,8-9H2,1H3,(H,15,18). The molecule has 0 aliphatic carbocycles. The molecule has 1 aliphatic heterocycles. The number of piperidine rings is 1. The molecule has 2 unspecified atom stereocenters. The molecule has 1 aromatic heterocycles. The lowest BCUT2D eigenvalue weighted by Crippen LogP contribution is -2.47. The number of carbonyl (C=O) groups excluding carboxylic acids is 1. The Morgan fingerprint density at radius 1 is 1.74 bits per heavy atom. The minimum absolute atomic E-state index is 0.0120. The van der Waals surface area contributed by atoms with Crippen LogP contribution in [-0.2, 0) is 0 Å². The van der Waals surface area contributed by atoms with Crippen molar-refractivity contribution < 1.29 is 9.90 Å². The summed E-state index contributed by atoms with van der Waals surface area (Å²) in [5, 5.41) is 15.1. The molecule has 5 nitrogen and oxygen atoms in total. The maximum absolute atomic E-state index is 12.2. The highest BCUT2D eigenvalue weighted by atomic mass is 32.1. The lowest BCUT2D eigenvalue weighted by molar-refractivity contribution is 0.127. The van der Waals surface area contributed by atoms with Gasteiger partial charge in [-0.05, 0) is 25.2 Å². The summed E-state index contributed by atoms with van der Waals surface area (Å²) in [6, 6.07) is -0.0535. The molecule has 2 atom stereocenters. The molecule has 6 heteroatoms. The molecule has 2 N–H and O–H groups in total. The minimum atomic E-state index is -0.0415. The molecule has 1 saturated heterocycles. The number of hydrogen-bond donors (Lipinski definition) is 2. The predicted octanol–water partition coefficient (Wildman–Crippen LogP) is 2.01. The van der Waals surface area contributed by atoms with E-state index in [1.54, 1.807) is 22.4 Å². The summed E-state index contributed by atoms with van der Waals surface area (Å²) in [6.45, 7) is 3.62. The van der Waals surface area contributed by atoms with Crippen molar-refractivity contribution in [2.24, 2.45) is 5.92 Å². The Hall–Kier alpha value is -1.14. The van der Waals surface area contributed by atoms with Gasteiger partial charge in [-0.25, -0.2) is 9.78 Å². The first kappa shape index (κ1) is 14.3. The summed E-state index contributed by atoms with van der Waals surface area (Å²) in [7, 11) is 0. The van der Waals surface area contributed by atoms with Crippen molar-refractivity contribution in [3.8, 4) is 0 Å². The van der Waals surface area contributed by atoms with E-state index in [0.717, 1.165) is 30.8 Å². The van der Waals surface area contributed by atoms with Gasteiger partial charge in [-0.1, -0.05) is 6.92 Å². The summed E-state index contributed by atoms with van der Waals surface area (Å²) >= 11 is 1.56. The van der Waals surface area contributed by atoms with Crippen LogP contribution in [-0.4, -0.2) is 40.7 Å². The first-order chi connectivity index (χ1) is 9.24. The van der Waals surface area contributed by atoms with Crippen LogP contribution in [0.1, 0.15) is 37.2 Å². The second-order valence-electron chi connectivity index (χ2n) is 4.92. The fourth-order valence-corrected chi connectivity index (χ4v) is 3.16. The molecule has 106 valence electrons. The van der Waals surface area contributed by atoms with Crippen molar-refractivity contribution in [3.63, 3.8) is 0 Å². The lowest BCUT2D eigenvalue weighted by Gasteiger charge is -2.32. The first-order valence-electron chi connectivity index (χ1n) is 6.80. The molecular weight excluding hydrogens is 262 g/mol. The highest BCUT2D eigenvalue weighted by Gasteiger charge is 2.25. The van der Waals surface area contributed by atoms with E-state index >= 15 is 0 Å². The number of thiazole rings is 1. The van der Waals surface area contributed by atoms with Crippen molar-refractivity contribution in [2.45, 2.75) is 32.2 Å². The molecule has 0 saturated carbocycles. The van der Waals surface area contributed by atoms with Gasteiger partial charge in [-0.3, -0.25) is 0 Å². The normalized spacial score (nSPS) is 21.2. The SMILES string of the molecule is CCC(NC(=O)N1CCCC(CO)C1)c1nccs1. The van der Waals surface area contributed by atoms with Gasteiger partial charge in [0.1, 0.15) is 5.01 Å². The average molecular weight is 283 g/mol. The summed E-state index contributed by atoms with van der Waals surface area (Å²) in [5.41, 5.74) is 0. The fraction of sp³-hybridized carbons (Fsp3) is 0.692. The van der Waals surface area contributed by atoms with E-state index in [2.05, 4.69) is 10.3 Å². The number of likely N-dealkylation sites (tertiary alicyclic amines) is 1. The number of urea groups is 1. The van der Waals surface area contributed by atoms with Crippen LogP contribution in [0.25, 0.3) is 0 Å². The Bertz CT molecular complexity index is 397. The zero-order valence-electron chi connectivity index (χ0n) is 11.2. The molecule has 0 aromatic carbocycles. The van der Waals surface area contributed by atoms with Crippen molar-refractivity contribution in [2.75, 3.05) is 19.7 Å². The Balaban J connectivity index is 1.92. The summed E-state index contributed by atoms with van der Waals surface area (Å²) in [4.78, 5) is 18.3. The van der Waals surface area contributed by atoms with Gasteiger partial charge >= 0.3 is 6.03 Å². The van der Waals surface area contributed by atoms with E-state index in [1.165, 1.54) is 0 Å². The van der Waals surface area contributed by atoms with Crippen molar-refractivity contribution in [1.29, 1.82) is 0 Å². The van der Waals surface area contributed by atoms with E-state index in [1.807, 2.05) is 12.3 Å². The maximum atomic E-state index is 12.2. The average Bonchev–Trinajstić information content (AvgIpc) is 2.98. The monoisotopic (exact) mass is 283 g/mol. The summed E-state index contributed by atoms with van der Waals surface area (Å²) in [5.74, 6) is 0.222. The molecule has 0 bridgehead atoms. The lowest BCUT2D eigenvalue weighted by atomic mass is 9.99. The van der Waals surface area contributed by atoms with E-state index in [9.17, 15) is 9.90 Å². The molecule has 1 aromatic rings. The first-order valence-corrected chi connectivity index (χ1v) is 7.68. The van der Waals surface area contributed by atoms with Crippen LogP contribution < -0.4 is 5.32 Å². The van der Waals surface area contributed by atoms with Crippen LogP contribution in [0.5, 0.6) is 0 Å². The molecule has 1 fully saturated rings. The maximum Gasteiger partial charge on any atom is 0.317 e. The number of amides is 2. The Kier molecular flexibility index (Phi) is 5.15. The third kappa shape index (κ3) is 3.67. The van der Waals surface area contributed by atoms with Crippen LogP contribution in [0.15, 0.2) is 11.6 Å². The molecule has 2 amide bonds. The fourth-order valence-electron chi connectivity index (χ4n) is 2.38. The van der Waals surface area contributed by atoms with E-state index in [-0.39, 0.29) is 24.6 Å². The zero-order valence-corrected chi connectivity index (χ0v) is 12.0. The second-order valence-corrected chi connectivity index (χ2v) is 5.84. The van der Waals surface area contributed by atoms with Gasteiger partial charge in [0.25, 0.3) is 0 Å². The molecule has 2 rings (SSSR count). The number of rotatable bonds is 4. The molecule has 0 radical (unpaired) electrons. The predicted molar refractivity (Wildman–Crippen MR) is 75.1 cm³/mol. The van der Waals surface area contributed by atoms with Gasteiger partial charge < -0.3 is 15.3 Å². The van der Waals surface area contributed by atoms with Crippen LogP contribution in [0.3, 0.4) is 0 Å². The molecule has 19 heavy (non-hydrogen) atoms. The quantitative estimate of drug-likeness (QED) is 0.888. The number of nitrogens with zero attached hydrogens (tertiary/aromatic N) is 2. The van der Waals surface area contributed by atoms with Gasteiger partial charge in [0.05, 0.1) is 6.04 Å². The second kappa shape index (κ2) is 6.86. The van der Waals surface area contributed by atoms with Crippen LogP contribution in [0.4, 0.5) is 4.79 Å². The number of aliphatic hydroxyl groups is 1. The zero-order chi connectivity index (χ0) is 13.7. The third-order valence-electron chi connectivity index (χ3n) is 3.52. The van der Waals surface area contributed by atoms with Gasteiger partial charge in [0, 0.05) is 31.3 Å². The highest BCUT2D eigenvalue weighted by molar-refractivity contribution is 7.09.